The minimum absolute atomic E-state index is 0.0141. The summed E-state index contributed by atoms with van der Waals surface area (Å²) in [6.45, 7) is 3.05. The third kappa shape index (κ3) is 7.38. The highest BCUT2D eigenvalue weighted by Crippen LogP contribution is 2.36. The summed E-state index contributed by atoms with van der Waals surface area (Å²) in [6, 6.07) is 16.0. The number of nitrogens with zero attached hydrogens (tertiary/aromatic N) is 2. The van der Waals surface area contributed by atoms with E-state index in [1.54, 1.807) is 43.3 Å². The van der Waals surface area contributed by atoms with Crippen LogP contribution in [-0.2, 0) is 26.2 Å². The second-order valence-electron chi connectivity index (χ2n) is 8.59. The summed E-state index contributed by atoms with van der Waals surface area (Å²) in [5, 5.41) is 3.44. The molecule has 0 saturated carbocycles. The molecule has 0 aliphatic rings. The molecule has 3 aromatic rings. The van der Waals surface area contributed by atoms with Crippen molar-refractivity contribution < 1.29 is 18.0 Å². The van der Waals surface area contributed by atoms with Gasteiger partial charge in [-0.05, 0) is 49.7 Å². The van der Waals surface area contributed by atoms with Crippen LogP contribution in [0.1, 0.15) is 25.8 Å². The first kappa shape index (κ1) is 31.0. The number of rotatable bonds is 11. The van der Waals surface area contributed by atoms with Gasteiger partial charge in [0.15, 0.2) is 0 Å². The summed E-state index contributed by atoms with van der Waals surface area (Å²) in [7, 11) is -4.28. The topological polar surface area (TPSA) is 86.8 Å². The van der Waals surface area contributed by atoms with Crippen LogP contribution in [0.3, 0.4) is 0 Å². The lowest BCUT2D eigenvalue weighted by molar-refractivity contribution is -0.139. The summed E-state index contributed by atoms with van der Waals surface area (Å²) in [5.41, 5.74) is 0.433. The molecule has 39 heavy (non-hydrogen) atoms. The molecule has 0 saturated heterocycles. The third-order valence-electron chi connectivity index (χ3n) is 5.92. The number of amides is 2. The van der Waals surface area contributed by atoms with Crippen LogP contribution in [0.25, 0.3) is 0 Å². The standard InChI is InChI=1S/C27H27Cl4N3O4S/c1-3-15-32-27(36)18(2)33(16-20-21(28)11-7-12-22(20)29)25(35)17-34(24-14-8-13-23(30)26(24)31)39(37,38)19-9-5-4-6-10-19/h4-14,18H,3,15-17H2,1-2H3,(H,32,36)/t18-/m1/s1. The molecule has 0 unspecified atom stereocenters. The molecule has 12 heteroatoms. The van der Waals surface area contributed by atoms with E-state index in [0.717, 1.165) is 4.31 Å². The molecule has 0 aliphatic carbocycles. The van der Waals surface area contributed by atoms with Crippen molar-refractivity contribution in [1.29, 1.82) is 0 Å². The molecule has 0 heterocycles. The van der Waals surface area contributed by atoms with Gasteiger partial charge in [0.2, 0.25) is 11.8 Å². The van der Waals surface area contributed by atoms with Crippen LogP contribution < -0.4 is 9.62 Å². The fourth-order valence-corrected chi connectivity index (χ4v) is 6.16. The Morgan fingerprint density at radius 2 is 1.46 bits per heavy atom. The van der Waals surface area contributed by atoms with Crippen molar-refractivity contribution in [2.24, 2.45) is 0 Å². The molecule has 0 aliphatic heterocycles. The normalized spacial score (nSPS) is 12.1. The molecule has 0 aromatic heterocycles. The monoisotopic (exact) mass is 629 g/mol. The van der Waals surface area contributed by atoms with Gasteiger partial charge in [0, 0.05) is 28.7 Å². The zero-order valence-corrected chi connectivity index (χ0v) is 25.0. The lowest BCUT2D eigenvalue weighted by atomic mass is 10.1. The molecule has 0 fully saturated rings. The fourth-order valence-electron chi connectivity index (χ4n) is 3.75. The summed E-state index contributed by atoms with van der Waals surface area (Å²) in [4.78, 5) is 28.1. The first-order valence-corrected chi connectivity index (χ1v) is 15.0. The summed E-state index contributed by atoms with van der Waals surface area (Å²) < 4.78 is 28.5. The van der Waals surface area contributed by atoms with Crippen LogP contribution in [0.15, 0.2) is 71.6 Å². The summed E-state index contributed by atoms with van der Waals surface area (Å²) in [6.07, 6.45) is 0.694. The van der Waals surface area contributed by atoms with Gasteiger partial charge in [-0.15, -0.1) is 0 Å². The average Bonchev–Trinajstić information content (AvgIpc) is 2.92. The number of benzene rings is 3. The molecule has 208 valence electrons. The molecular formula is C27H27Cl4N3O4S. The maximum absolute atomic E-state index is 13.9. The van der Waals surface area contributed by atoms with E-state index in [9.17, 15) is 18.0 Å². The third-order valence-corrected chi connectivity index (χ3v) is 9.21. The van der Waals surface area contributed by atoms with Crippen molar-refractivity contribution in [3.8, 4) is 0 Å². The highest BCUT2D eigenvalue weighted by molar-refractivity contribution is 7.92. The van der Waals surface area contributed by atoms with Crippen molar-refractivity contribution in [2.45, 2.75) is 37.8 Å². The summed E-state index contributed by atoms with van der Waals surface area (Å²) in [5.74, 6) is -1.09. The van der Waals surface area contributed by atoms with Gasteiger partial charge in [0.25, 0.3) is 10.0 Å². The quantitative estimate of drug-likeness (QED) is 0.264. The van der Waals surface area contributed by atoms with E-state index in [0.29, 0.717) is 28.6 Å². The molecule has 1 atom stereocenters. The van der Waals surface area contributed by atoms with Crippen molar-refractivity contribution in [1.82, 2.24) is 10.2 Å². The number of hydrogen-bond acceptors (Lipinski definition) is 4. The Morgan fingerprint density at radius 1 is 0.872 bits per heavy atom. The SMILES string of the molecule is CCCNC(=O)[C@@H](C)N(Cc1c(Cl)cccc1Cl)C(=O)CN(c1cccc(Cl)c1Cl)S(=O)(=O)c1ccccc1. The number of nitrogens with one attached hydrogen (secondary N) is 1. The number of sulfonamides is 1. The second kappa shape index (κ2) is 13.7. The van der Waals surface area contributed by atoms with E-state index in [-0.39, 0.29) is 27.2 Å². The molecule has 3 aromatic carbocycles. The second-order valence-corrected chi connectivity index (χ2v) is 12.0. The Morgan fingerprint density at radius 3 is 2.08 bits per heavy atom. The van der Waals surface area contributed by atoms with Gasteiger partial charge in [-0.1, -0.05) is 83.7 Å². The molecule has 2 amide bonds. The van der Waals surface area contributed by atoms with Gasteiger partial charge >= 0.3 is 0 Å². The molecular weight excluding hydrogens is 604 g/mol. The molecule has 0 bridgehead atoms. The van der Waals surface area contributed by atoms with Gasteiger partial charge in [0.05, 0.1) is 20.6 Å². The van der Waals surface area contributed by atoms with Gasteiger partial charge < -0.3 is 10.2 Å². The molecule has 0 spiro atoms. The Balaban J connectivity index is 2.09. The van der Waals surface area contributed by atoms with E-state index in [4.69, 9.17) is 46.4 Å². The van der Waals surface area contributed by atoms with Crippen molar-refractivity contribution in [3.63, 3.8) is 0 Å². The van der Waals surface area contributed by atoms with Crippen LogP contribution in [-0.4, -0.2) is 44.3 Å². The largest absolute Gasteiger partial charge is 0.354 e. The molecule has 7 nitrogen and oxygen atoms in total. The van der Waals surface area contributed by atoms with Gasteiger partial charge in [-0.25, -0.2) is 8.42 Å². The maximum Gasteiger partial charge on any atom is 0.264 e. The average molecular weight is 631 g/mol. The van der Waals surface area contributed by atoms with E-state index < -0.39 is 34.4 Å². The van der Waals surface area contributed by atoms with Crippen LogP contribution in [0.2, 0.25) is 20.1 Å². The number of halogens is 4. The van der Waals surface area contributed by atoms with Crippen LogP contribution in [0.4, 0.5) is 5.69 Å². The Kier molecular flexibility index (Phi) is 10.9. The predicted molar refractivity (Wildman–Crippen MR) is 157 cm³/mol. The zero-order chi connectivity index (χ0) is 28.7. The molecule has 1 N–H and O–H groups in total. The Bertz CT molecular complexity index is 1420. The molecule has 0 radical (unpaired) electrons. The van der Waals surface area contributed by atoms with Crippen molar-refractivity contribution in [3.05, 3.63) is 92.4 Å². The summed E-state index contributed by atoms with van der Waals surface area (Å²) >= 11 is 25.4. The lowest BCUT2D eigenvalue weighted by Gasteiger charge is -2.32. The van der Waals surface area contributed by atoms with E-state index in [1.165, 1.54) is 35.2 Å². The van der Waals surface area contributed by atoms with Crippen LogP contribution >= 0.6 is 46.4 Å². The van der Waals surface area contributed by atoms with E-state index >= 15 is 0 Å². The smallest absolute Gasteiger partial charge is 0.264 e. The van der Waals surface area contributed by atoms with Crippen LogP contribution in [0, 0.1) is 0 Å². The lowest BCUT2D eigenvalue weighted by Crippen LogP contribution is -2.51. The maximum atomic E-state index is 13.9. The van der Waals surface area contributed by atoms with E-state index in [1.807, 2.05) is 6.92 Å². The highest BCUT2D eigenvalue weighted by Gasteiger charge is 2.34. The first-order chi connectivity index (χ1) is 18.5. The minimum Gasteiger partial charge on any atom is -0.354 e. The Hall–Kier alpha value is -2.49. The van der Waals surface area contributed by atoms with Gasteiger partial charge in [-0.2, -0.15) is 0 Å². The first-order valence-electron chi connectivity index (χ1n) is 12.0. The number of carbonyl (C=O) groups is 2. The van der Waals surface area contributed by atoms with Gasteiger partial charge in [-0.3, -0.25) is 13.9 Å². The molecule has 3 rings (SSSR count). The van der Waals surface area contributed by atoms with Gasteiger partial charge in [0.1, 0.15) is 12.6 Å². The highest BCUT2D eigenvalue weighted by atomic mass is 35.5. The van der Waals surface area contributed by atoms with Crippen LogP contribution in [0.5, 0.6) is 0 Å². The number of anilines is 1. The number of hydrogen-bond donors (Lipinski definition) is 1. The Labute approximate surface area is 248 Å². The number of carbonyl (C=O) groups excluding carboxylic acids is 2. The fraction of sp³-hybridized carbons (Fsp3) is 0.259. The van der Waals surface area contributed by atoms with Crippen molar-refractivity contribution in [2.75, 3.05) is 17.4 Å². The zero-order valence-electron chi connectivity index (χ0n) is 21.2. The van der Waals surface area contributed by atoms with E-state index in [2.05, 4.69) is 5.32 Å². The van der Waals surface area contributed by atoms with Crippen molar-refractivity contribution >= 4 is 73.9 Å². The predicted octanol–water partition coefficient (Wildman–Crippen LogP) is 6.44. The minimum atomic E-state index is -4.28.